The van der Waals surface area contributed by atoms with Crippen molar-refractivity contribution in [3.63, 3.8) is 0 Å². The lowest BCUT2D eigenvalue weighted by Gasteiger charge is -2.28. The van der Waals surface area contributed by atoms with E-state index in [1.807, 2.05) is 6.26 Å². The minimum atomic E-state index is -1.36. The number of likely N-dealkylation sites (tertiary alicyclic amines) is 1. The maximum Gasteiger partial charge on any atom is 0.326 e. The second-order valence-electron chi connectivity index (χ2n) is 7.90. The Kier molecular flexibility index (Phi) is 12.4. The van der Waals surface area contributed by atoms with Gasteiger partial charge in [-0.15, -0.1) is 0 Å². The number of carbonyl (C=O) groups is 6. The Labute approximate surface area is 200 Å². The summed E-state index contributed by atoms with van der Waals surface area (Å²) in [7, 11) is 0. The largest absolute Gasteiger partial charge is 0.481 e. The Morgan fingerprint density at radius 1 is 0.941 bits per heavy atom. The Hall–Kier alpha value is -2.87. The number of nitrogens with two attached hydrogens (primary N) is 1. The van der Waals surface area contributed by atoms with Crippen LogP contribution in [0.2, 0.25) is 0 Å². The molecule has 1 aliphatic heterocycles. The zero-order valence-corrected chi connectivity index (χ0v) is 19.7. The molecule has 4 unspecified atom stereocenters. The van der Waals surface area contributed by atoms with Crippen molar-refractivity contribution in [1.29, 1.82) is 0 Å². The second kappa shape index (κ2) is 14.4. The van der Waals surface area contributed by atoms with Gasteiger partial charge in [0.1, 0.15) is 18.1 Å². The average Bonchev–Trinajstić information content (AvgIpc) is 3.26. The summed E-state index contributed by atoms with van der Waals surface area (Å²) >= 11 is 1.47. The van der Waals surface area contributed by atoms with E-state index in [9.17, 15) is 33.9 Å². The van der Waals surface area contributed by atoms with Crippen LogP contribution in [0.3, 0.4) is 0 Å². The predicted octanol–water partition coefficient (Wildman–Crippen LogP) is -1.16. The summed E-state index contributed by atoms with van der Waals surface area (Å²) in [5, 5.41) is 32.1. The lowest BCUT2D eigenvalue weighted by Crippen LogP contribution is -2.57. The van der Waals surface area contributed by atoms with Crippen molar-refractivity contribution in [1.82, 2.24) is 15.5 Å². The van der Waals surface area contributed by atoms with Crippen LogP contribution in [0, 0.1) is 0 Å². The molecule has 0 aromatic rings. The molecule has 0 bridgehead atoms. The Morgan fingerprint density at radius 2 is 1.50 bits per heavy atom. The van der Waals surface area contributed by atoms with Gasteiger partial charge in [-0.2, -0.15) is 11.8 Å². The lowest BCUT2D eigenvalue weighted by atomic mass is 10.1. The van der Waals surface area contributed by atoms with Gasteiger partial charge in [-0.05, 0) is 44.1 Å². The topological polar surface area (TPSA) is 216 Å². The molecule has 1 saturated heterocycles. The van der Waals surface area contributed by atoms with Gasteiger partial charge in [0, 0.05) is 19.4 Å². The first kappa shape index (κ1) is 29.2. The third-order valence-electron chi connectivity index (χ3n) is 5.33. The number of nitrogens with zero attached hydrogens (tertiary/aromatic N) is 1. The molecule has 0 aliphatic carbocycles. The van der Waals surface area contributed by atoms with Crippen molar-refractivity contribution in [3.8, 4) is 0 Å². The highest BCUT2D eigenvalue weighted by atomic mass is 32.2. The molecule has 14 heteroatoms. The summed E-state index contributed by atoms with van der Waals surface area (Å²) in [6.07, 6.45) is 1.29. The van der Waals surface area contributed by atoms with Crippen LogP contribution in [0.1, 0.15) is 44.9 Å². The highest BCUT2D eigenvalue weighted by molar-refractivity contribution is 7.98. The SMILES string of the molecule is CSCCC(N)C(=O)NC(CCC(=O)O)C(=O)NC(CCC(=O)O)C(=O)N1CCCC1C(=O)O. The van der Waals surface area contributed by atoms with Crippen molar-refractivity contribution in [2.24, 2.45) is 5.73 Å². The number of carboxylic acid groups (broad SMARTS) is 3. The highest BCUT2D eigenvalue weighted by Gasteiger charge is 2.38. The molecule has 1 fully saturated rings. The predicted molar refractivity (Wildman–Crippen MR) is 121 cm³/mol. The summed E-state index contributed by atoms with van der Waals surface area (Å²) in [4.78, 5) is 72.9. The first-order valence-electron chi connectivity index (χ1n) is 10.8. The van der Waals surface area contributed by atoms with Crippen LogP contribution in [0.15, 0.2) is 0 Å². The number of hydrogen-bond acceptors (Lipinski definition) is 8. The van der Waals surface area contributed by atoms with Gasteiger partial charge in [-0.3, -0.25) is 24.0 Å². The summed E-state index contributed by atoms with van der Waals surface area (Å²) in [5.74, 6) is -5.36. The van der Waals surface area contributed by atoms with Gasteiger partial charge in [0.2, 0.25) is 17.7 Å². The maximum absolute atomic E-state index is 13.0. The summed E-state index contributed by atoms with van der Waals surface area (Å²) in [6.45, 7) is 0.138. The molecular formula is C20H32N4O9S. The molecule has 0 aromatic heterocycles. The first-order chi connectivity index (χ1) is 16.0. The van der Waals surface area contributed by atoms with Crippen molar-refractivity contribution in [2.75, 3.05) is 18.6 Å². The van der Waals surface area contributed by atoms with Crippen LogP contribution in [-0.2, 0) is 28.8 Å². The number of nitrogens with one attached hydrogen (secondary N) is 2. The molecular weight excluding hydrogens is 472 g/mol. The third-order valence-corrected chi connectivity index (χ3v) is 5.98. The van der Waals surface area contributed by atoms with E-state index < -0.39 is 72.6 Å². The number of carbonyl (C=O) groups excluding carboxylic acids is 3. The van der Waals surface area contributed by atoms with Gasteiger partial charge in [0.15, 0.2) is 0 Å². The van der Waals surface area contributed by atoms with Crippen LogP contribution in [0.5, 0.6) is 0 Å². The molecule has 4 atom stereocenters. The molecule has 1 heterocycles. The monoisotopic (exact) mass is 504 g/mol. The Balaban J connectivity index is 3.02. The maximum atomic E-state index is 13.0. The average molecular weight is 505 g/mol. The van der Waals surface area contributed by atoms with E-state index in [2.05, 4.69) is 10.6 Å². The molecule has 0 radical (unpaired) electrons. The lowest BCUT2D eigenvalue weighted by molar-refractivity contribution is -0.150. The van der Waals surface area contributed by atoms with E-state index in [1.165, 1.54) is 11.8 Å². The fourth-order valence-corrected chi connectivity index (χ4v) is 3.97. The zero-order chi connectivity index (χ0) is 25.8. The molecule has 0 aromatic carbocycles. The van der Waals surface area contributed by atoms with Gasteiger partial charge in [-0.25, -0.2) is 4.79 Å². The van der Waals surface area contributed by atoms with E-state index in [4.69, 9.17) is 15.9 Å². The van der Waals surface area contributed by atoms with E-state index in [-0.39, 0.29) is 25.8 Å². The summed E-state index contributed by atoms with van der Waals surface area (Å²) < 4.78 is 0. The molecule has 7 N–H and O–H groups in total. The van der Waals surface area contributed by atoms with Crippen LogP contribution in [0.4, 0.5) is 0 Å². The molecule has 192 valence electrons. The number of amides is 3. The smallest absolute Gasteiger partial charge is 0.326 e. The standard InChI is InChI=1S/C20H32N4O9S/c1-34-10-8-11(21)17(29)22-12(4-6-15(25)26)18(30)23-13(5-7-16(27)28)19(31)24-9-2-3-14(24)20(32)33/h11-14H,2-10,21H2,1H3,(H,22,29)(H,23,30)(H,25,26)(H,27,28)(H,32,33). The quantitative estimate of drug-likeness (QED) is 0.156. The second-order valence-corrected chi connectivity index (χ2v) is 8.89. The van der Waals surface area contributed by atoms with Gasteiger partial charge in [0.25, 0.3) is 0 Å². The molecule has 1 aliphatic rings. The molecule has 3 amide bonds. The van der Waals surface area contributed by atoms with Crippen molar-refractivity contribution in [3.05, 3.63) is 0 Å². The minimum absolute atomic E-state index is 0.138. The number of hydrogen-bond donors (Lipinski definition) is 6. The molecule has 13 nitrogen and oxygen atoms in total. The number of aliphatic carboxylic acids is 3. The third kappa shape index (κ3) is 9.55. The van der Waals surface area contributed by atoms with Crippen LogP contribution in [0.25, 0.3) is 0 Å². The first-order valence-corrected chi connectivity index (χ1v) is 12.2. The fourth-order valence-electron chi connectivity index (χ4n) is 3.48. The van der Waals surface area contributed by atoms with E-state index >= 15 is 0 Å². The Morgan fingerprint density at radius 3 is 2.03 bits per heavy atom. The number of rotatable bonds is 15. The molecule has 1 rings (SSSR count). The van der Waals surface area contributed by atoms with Gasteiger partial charge in [0.05, 0.1) is 6.04 Å². The van der Waals surface area contributed by atoms with Gasteiger partial charge >= 0.3 is 17.9 Å². The van der Waals surface area contributed by atoms with Gasteiger partial charge in [-0.1, -0.05) is 0 Å². The Bertz CT molecular complexity index is 779. The van der Waals surface area contributed by atoms with Gasteiger partial charge < -0.3 is 36.6 Å². The molecule has 34 heavy (non-hydrogen) atoms. The van der Waals surface area contributed by atoms with Crippen molar-refractivity contribution in [2.45, 2.75) is 69.1 Å². The van der Waals surface area contributed by atoms with Crippen molar-refractivity contribution < 1.29 is 44.1 Å². The zero-order valence-electron chi connectivity index (χ0n) is 18.9. The summed E-state index contributed by atoms with van der Waals surface area (Å²) in [6, 6.07) is -4.72. The van der Waals surface area contributed by atoms with E-state index in [0.717, 1.165) is 4.90 Å². The molecule has 0 saturated carbocycles. The van der Waals surface area contributed by atoms with Crippen LogP contribution in [-0.4, -0.2) is 98.6 Å². The van der Waals surface area contributed by atoms with Crippen molar-refractivity contribution >= 4 is 47.4 Å². The fraction of sp³-hybridized carbons (Fsp3) is 0.700. The normalized spacial score (nSPS) is 17.9. The minimum Gasteiger partial charge on any atom is -0.481 e. The number of thioether (sulfide) groups is 1. The van der Waals surface area contributed by atoms with Crippen LogP contribution >= 0.6 is 11.8 Å². The van der Waals surface area contributed by atoms with Crippen LogP contribution < -0.4 is 16.4 Å². The van der Waals surface area contributed by atoms with E-state index in [1.54, 1.807) is 0 Å². The van der Waals surface area contributed by atoms with E-state index in [0.29, 0.717) is 18.6 Å². The number of carboxylic acids is 3. The highest BCUT2D eigenvalue weighted by Crippen LogP contribution is 2.20. The molecule has 0 spiro atoms. The summed E-state index contributed by atoms with van der Waals surface area (Å²) in [5.41, 5.74) is 5.81.